The lowest BCUT2D eigenvalue weighted by Crippen LogP contribution is -2.39. The number of anilines is 1. The smallest absolute Gasteiger partial charge is 0.247 e. The quantitative estimate of drug-likeness (QED) is 0.265. The standard InChI is InChI=1S/C32H34N4O4S/c37-30(16-14-26-22-36(27-12-6-2-7-13-27)33-32(26)25-10-4-1-5-11-25)35(28-18-21-41(38,39)24-28)23-29-15-17-31(40-29)34-19-8-3-9-20-34/h1-2,4-7,10-17,22,28H,3,8-9,18-21,23-24H2/b16-14+. The number of sulfone groups is 1. The highest BCUT2D eigenvalue weighted by Gasteiger charge is 2.34. The number of benzene rings is 2. The molecule has 2 aliphatic rings. The topological polar surface area (TPSA) is 88.7 Å². The predicted octanol–water partition coefficient (Wildman–Crippen LogP) is 5.35. The third kappa shape index (κ3) is 6.30. The number of amides is 1. The number of carbonyl (C=O) groups is 1. The van der Waals surface area contributed by atoms with Crippen LogP contribution >= 0.6 is 0 Å². The molecule has 2 aromatic heterocycles. The van der Waals surface area contributed by atoms with E-state index in [4.69, 9.17) is 9.52 Å². The van der Waals surface area contributed by atoms with E-state index in [1.165, 1.54) is 12.5 Å². The summed E-state index contributed by atoms with van der Waals surface area (Å²) >= 11 is 0. The molecule has 1 amide bonds. The number of hydrogen-bond acceptors (Lipinski definition) is 6. The van der Waals surface area contributed by atoms with Crippen molar-refractivity contribution in [2.24, 2.45) is 0 Å². The van der Waals surface area contributed by atoms with Crippen molar-refractivity contribution in [2.45, 2.75) is 38.3 Å². The second kappa shape index (κ2) is 11.8. The average molecular weight is 571 g/mol. The van der Waals surface area contributed by atoms with Crippen LogP contribution in [0.15, 0.2) is 89.5 Å². The minimum absolute atomic E-state index is 0.0343. The Kier molecular flexibility index (Phi) is 7.78. The van der Waals surface area contributed by atoms with E-state index < -0.39 is 15.9 Å². The molecule has 2 aromatic carbocycles. The van der Waals surface area contributed by atoms with Crippen LogP contribution in [0.2, 0.25) is 0 Å². The number of furan rings is 1. The zero-order valence-electron chi connectivity index (χ0n) is 22.9. The van der Waals surface area contributed by atoms with Crippen LogP contribution in [0.3, 0.4) is 0 Å². The Morgan fingerprint density at radius 1 is 0.976 bits per heavy atom. The van der Waals surface area contributed by atoms with E-state index in [0.717, 1.165) is 54.3 Å². The van der Waals surface area contributed by atoms with E-state index in [1.54, 1.807) is 15.7 Å². The average Bonchev–Trinajstić information content (AvgIpc) is 3.74. The van der Waals surface area contributed by atoms with Crippen LogP contribution < -0.4 is 4.90 Å². The lowest BCUT2D eigenvalue weighted by atomic mass is 10.1. The van der Waals surface area contributed by atoms with E-state index in [9.17, 15) is 13.2 Å². The number of hydrogen-bond donors (Lipinski definition) is 0. The largest absolute Gasteiger partial charge is 0.444 e. The molecular formula is C32H34N4O4S. The third-order valence-electron chi connectivity index (χ3n) is 7.79. The van der Waals surface area contributed by atoms with Gasteiger partial charge in [0.2, 0.25) is 5.91 Å². The molecular weight excluding hydrogens is 536 g/mol. The second-order valence-electron chi connectivity index (χ2n) is 10.7. The number of para-hydroxylation sites is 1. The fourth-order valence-electron chi connectivity index (χ4n) is 5.61. The first-order chi connectivity index (χ1) is 19.9. The Hall–Kier alpha value is -4.11. The molecule has 4 aromatic rings. The Morgan fingerprint density at radius 2 is 1.71 bits per heavy atom. The fourth-order valence-corrected chi connectivity index (χ4v) is 7.34. The molecule has 4 heterocycles. The minimum Gasteiger partial charge on any atom is -0.444 e. The van der Waals surface area contributed by atoms with Gasteiger partial charge in [0.25, 0.3) is 0 Å². The minimum atomic E-state index is -3.19. The zero-order valence-corrected chi connectivity index (χ0v) is 23.7. The Bertz CT molecular complexity index is 1620. The van der Waals surface area contributed by atoms with Crippen LogP contribution in [0, 0.1) is 0 Å². The normalized spacial score (nSPS) is 18.6. The summed E-state index contributed by atoms with van der Waals surface area (Å²) in [5.41, 5.74) is 3.40. The summed E-state index contributed by atoms with van der Waals surface area (Å²) in [7, 11) is -3.19. The summed E-state index contributed by atoms with van der Waals surface area (Å²) in [5, 5.41) is 4.83. The zero-order chi connectivity index (χ0) is 28.2. The lowest BCUT2D eigenvalue weighted by molar-refractivity contribution is -0.128. The van der Waals surface area contributed by atoms with Crippen molar-refractivity contribution in [2.75, 3.05) is 29.5 Å². The molecule has 41 heavy (non-hydrogen) atoms. The highest BCUT2D eigenvalue weighted by Crippen LogP contribution is 2.28. The summed E-state index contributed by atoms with van der Waals surface area (Å²) in [6, 6.07) is 23.1. The van der Waals surface area contributed by atoms with E-state index in [0.29, 0.717) is 12.2 Å². The van der Waals surface area contributed by atoms with E-state index in [2.05, 4.69) is 4.90 Å². The summed E-state index contributed by atoms with van der Waals surface area (Å²) in [4.78, 5) is 17.6. The van der Waals surface area contributed by atoms with Crippen LogP contribution in [0.25, 0.3) is 23.0 Å². The van der Waals surface area contributed by atoms with Crippen LogP contribution in [-0.2, 0) is 21.2 Å². The summed E-state index contributed by atoms with van der Waals surface area (Å²) in [6.45, 7) is 2.13. The van der Waals surface area contributed by atoms with Crippen molar-refractivity contribution in [3.8, 4) is 16.9 Å². The maximum atomic E-state index is 13.7. The van der Waals surface area contributed by atoms with Crippen LogP contribution in [0.4, 0.5) is 5.88 Å². The Labute approximate surface area is 240 Å². The molecule has 9 heteroatoms. The fraction of sp³-hybridized carbons (Fsp3) is 0.312. The molecule has 0 aliphatic carbocycles. The number of rotatable bonds is 8. The molecule has 6 rings (SSSR count). The maximum Gasteiger partial charge on any atom is 0.247 e. The third-order valence-corrected chi connectivity index (χ3v) is 9.54. The molecule has 0 spiro atoms. The SMILES string of the molecule is O=C(/C=C/c1cn(-c2ccccc2)nc1-c1ccccc1)N(Cc1ccc(N2CCCCC2)o1)C1CCS(=O)(=O)C1. The highest BCUT2D eigenvalue weighted by molar-refractivity contribution is 7.91. The number of carbonyl (C=O) groups excluding carboxylic acids is 1. The van der Waals surface area contributed by atoms with Gasteiger partial charge in [-0.15, -0.1) is 0 Å². The molecule has 2 aliphatic heterocycles. The van der Waals surface area contributed by atoms with Gasteiger partial charge in [0.05, 0.1) is 29.4 Å². The van der Waals surface area contributed by atoms with Crippen LogP contribution in [0.5, 0.6) is 0 Å². The van der Waals surface area contributed by atoms with Gasteiger partial charge in [0, 0.05) is 48.6 Å². The molecule has 2 saturated heterocycles. The first-order valence-corrected chi connectivity index (χ1v) is 16.0. The maximum absolute atomic E-state index is 13.7. The van der Waals surface area contributed by atoms with Crippen molar-refractivity contribution >= 4 is 27.7 Å². The number of nitrogens with zero attached hydrogens (tertiary/aromatic N) is 4. The summed E-state index contributed by atoms with van der Waals surface area (Å²) in [5.74, 6) is 1.26. The van der Waals surface area contributed by atoms with Crippen LogP contribution in [-0.4, -0.2) is 59.6 Å². The number of aromatic nitrogens is 2. The monoisotopic (exact) mass is 570 g/mol. The predicted molar refractivity (Wildman–Crippen MR) is 160 cm³/mol. The van der Waals surface area contributed by atoms with Gasteiger partial charge in [-0.05, 0) is 50.0 Å². The lowest BCUT2D eigenvalue weighted by Gasteiger charge is -2.27. The van der Waals surface area contributed by atoms with Crippen LogP contribution in [0.1, 0.15) is 37.0 Å². The van der Waals surface area contributed by atoms with Gasteiger partial charge in [0.1, 0.15) is 5.76 Å². The van der Waals surface area contributed by atoms with Crippen molar-refractivity contribution in [3.05, 3.63) is 96.4 Å². The van der Waals surface area contributed by atoms with E-state index in [-0.39, 0.29) is 24.0 Å². The van der Waals surface area contributed by atoms with Gasteiger partial charge in [-0.1, -0.05) is 48.5 Å². The summed E-state index contributed by atoms with van der Waals surface area (Å²) < 4.78 is 32.7. The van der Waals surface area contributed by atoms with Crippen molar-refractivity contribution in [1.82, 2.24) is 14.7 Å². The van der Waals surface area contributed by atoms with Gasteiger partial charge >= 0.3 is 0 Å². The molecule has 0 radical (unpaired) electrons. The van der Waals surface area contributed by atoms with E-state index >= 15 is 0 Å². The van der Waals surface area contributed by atoms with Crippen molar-refractivity contribution in [1.29, 1.82) is 0 Å². The summed E-state index contributed by atoms with van der Waals surface area (Å²) in [6.07, 6.45) is 9.12. The first kappa shape index (κ1) is 27.1. The molecule has 0 N–H and O–H groups in total. The molecule has 1 atom stereocenters. The Balaban J connectivity index is 1.28. The van der Waals surface area contributed by atoms with Gasteiger partial charge in [-0.2, -0.15) is 5.10 Å². The van der Waals surface area contributed by atoms with E-state index in [1.807, 2.05) is 79.0 Å². The molecule has 1 unspecified atom stereocenters. The second-order valence-corrected chi connectivity index (χ2v) is 13.0. The van der Waals surface area contributed by atoms with Gasteiger partial charge < -0.3 is 14.2 Å². The molecule has 8 nitrogen and oxygen atoms in total. The van der Waals surface area contributed by atoms with Crippen molar-refractivity contribution < 1.29 is 17.6 Å². The first-order valence-electron chi connectivity index (χ1n) is 14.2. The van der Waals surface area contributed by atoms with Gasteiger partial charge in [-0.3, -0.25) is 4.79 Å². The molecule has 0 bridgehead atoms. The highest BCUT2D eigenvalue weighted by atomic mass is 32.2. The number of piperidine rings is 1. The molecule has 2 fully saturated rings. The van der Waals surface area contributed by atoms with Gasteiger partial charge in [0.15, 0.2) is 15.7 Å². The Morgan fingerprint density at radius 3 is 2.41 bits per heavy atom. The molecule has 0 saturated carbocycles. The molecule has 212 valence electrons. The van der Waals surface area contributed by atoms with Gasteiger partial charge in [-0.25, -0.2) is 13.1 Å². The van der Waals surface area contributed by atoms with Crippen molar-refractivity contribution in [3.63, 3.8) is 0 Å².